The van der Waals surface area contributed by atoms with Crippen LogP contribution in [0.15, 0.2) is 17.2 Å². The number of ether oxygens (including phenoxy) is 1. The number of aryl methyl sites for hydroxylation is 1. The molecule has 5 heteroatoms. The van der Waals surface area contributed by atoms with Gasteiger partial charge in [-0.15, -0.1) is 0 Å². The number of hydrogen-bond acceptors (Lipinski definition) is 5. The van der Waals surface area contributed by atoms with Gasteiger partial charge in [-0.25, -0.2) is 0 Å². The smallest absolute Gasteiger partial charge is 0.143 e. The Kier molecular flexibility index (Phi) is 3.08. The molecular formula is C12H18N4O. The molecule has 0 aromatic heterocycles. The average Bonchev–Trinajstić information content (AvgIpc) is 2.31. The second kappa shape index (κ2) is 4.53. The highest BCUT2D eigenvalue weighted by Gasteiger charge is 2.14. The fraction of sp³-hybridized carbons (Fsp3) is 0.417. The van der Waals surface area contributed by atoms with Crippen LogP contribution in [-0.2, 0) is 0 Å². The van der Waals surface area contributed by atoms with E-state index < -0.39 is 0 Å². The molecule has 2 rings (SSSR count). The van der Waals surface area contributed by atoms with E-state index in [1.807, 2.05) is 37.5 Å². The summed E-state index contributed by atoms with van der Waals surface area (Å²) >= 11 is 0. The van der Waals surface area contributed by atoms with Crippen LogP contribution in [-0.4, -0.2) is 38.6 Å². The highest BCUT2D eigenvalue weighted by atomic mass is 16.5. The summed E-state index contributed by atoms with van der Waals surface area (Å²) in [4.78, 5) is 2.11. The molecule has 0 atom stereocenters. The summed E-state index contributed by atoms with van der Waals surface area (Å²) in [5, 5.41) is 6.19. The summed E-state index contributed by atoms with van der Waals surface area (Å²) in [6.07, 6.45) is 1.83. The zero-order chi connectivity index (χ0) is 12.4. The molecule has 5 nitrogen and oxygen atoms in total. The molecule has 1 aromatic carbocycles. The van der Waals surface area contributed by atoms with Gasteiger partial charge in [-0.05, 0) is 18.6 Å². The second-order valence-electron chi connectivity index (χ2n) is 4.19. The van der Waals surface area contributed by atoms with Gasteiger partial charge in [0.15, 0.2) is 0 Å². The maximum Gasteiger partial charge on any atom is 0.143 e. The molecule has 0 amide bonds. The van der Waals surface area contributed by atoms with Crippen molar-refractivity contribution in [1.82, 2.24) is 5.01 Å². The van der Waals surface area contributed by atoms with Crippen molar-refractivity contribution in [2.75, 3.05) is 37.9 Å². The molecule has 1 aromatic rings. The highest BCUT2D eigenvalue weighted by Crippen LogP contribution is 2.31. The third kappa shape index (κ3) is 2.27. The summed E-state index contributed by atoms with van der Waals surface area (Å²) in [6, 6.07) is 3.89. The van der Waals surface area contributed by atoms with Gasteiger partial charge in [-0.3, -0.25) is 5.01 Å². The molecule has 1 heterocycles. The van der Waals surface area contributed by atoms with E-state index in [1.165, 1.54) is 0 Å². The molecule has 0 fully saturated rings. The predicted molar refractivity (Wildman–Crippen MR) is 70.6 cm³/mol. The molecule has 0 radical (unpaired) electrons. The van der Waals surface area contributed by atoms with Gasteiger partial charge in [0.25, 0.3) is 0 Å². The van der Waals surface area contributed by atoms with Gasteiger partial charge in [0.2, 0.25) is 0 Å². The van der Waals surface area contributed by atoms with Gasteiger partial charge in [0, 0.05) is 25.3 Å². The third-order valence-electron chi connectivity index (χ3n) is 2.91. The van der Waals surface area contributed by atoms with E-state index in [0.717, 1.165) is 24.3 Å². The maximum absolute atomic E-state index is 5.87. The minimum Gasteiger partial charge on any atom is -0.495 e. The number of nitrogens with two attached hydrogens (primary N) is 1. The van der Waals surface area contributed by atoms with Gasteiger partial charge in [0.05, 0.1) is 19.3 Å². The molecule has 17 heavy (non-hydrogen) atoms. The molecule has 0 saturated carbocycles. The Morgan fingerprint density at radius 2 is 2.12 bits per heavy atom. The van der Waals surface area contributed by atoms with Crippen LogP contribution in [0, 0.1) is 6.92 Å². The Bertz CT molecular complexity index is 444. The zero-order valence-electron chi connectivity index (χ0n) is 10.5. The average molecular weight is 234 g/mol. The first-order valence-electron chi connectivity index (χ1n) is 5.58. The highest BCUT2D eigenvalue weighted by molar-refractivity contribution is 5.83. The summed E-state index contributed by atoms with van der Waals surface area (Å²) in [5.74, 6) is 0.706. The number of nitrogen functional groups attached to an aromatic ring is 1. The number of hydrogen-bond donors (Lipinski definition) is 1. The van der Waals surface area contributed by atoms with Crippen molar-refractivity contribution < 1.29 is 4.74 Å². The van der Waals surface area contributed by atoms with E-state index in [0.29, 0.717) is 11.4 Å². The molecule has 0 aliphatic carbocycles. The number of nitrogens with zero attached hydrogens (tertiary/aromatic N) is 3. The number of benzene rings is 1. The monoisotopic (exact) mass is 234 g/mol. The standard InChI is InChI=1S/C12H18N4O/c1-9-6-10(13)12(17-3)7-11(9)16-5-4-15(2)14-8-16/h6-8H,4-5,13H2,1-3H3. The van der Waals surface area contributed by atoms with E-state index in [9.17, 15) is 0 Å². The largest absolute Gasteiger partial charge is 0.495 e. The van der Waals surface area contributed by atoms with Crippen molar-refractivity contribution in [3.05, 3.63) is 17.7 Å². The van der Waals surface area contributed by atoms with Crippen molar-refractivity contribution >= 4 is 17.7 Å². The number of rotatable bonds is 2. The minimum absolute atomic E-state index is 0.666. The summed E-state index contributed by atoms with van der Waals surface area (Å²) in [5.41, 5.74) is 8.75. The molecular weight excluding hydrogens is 216 g/mol. The van der Waals surface area contributed by atoms with Crippen LogP contribution in [0.5, 0.6) is 5.75 Å². The van der Waals surface area contributed by atoms with Crippen molar-refractivity contribution in [2.24, 2.45) is 5.10 Å². The van der Waals surface area contributed by atoms with E-state index in [-0.39, 0.29) is 0 Å². The minimum atomic E-state index is 0.666. The van der Waals surface area contributed by atoms with Crippen LogP contribution >= 0.6 is 0 Å². The number of anilines is 2. The molecule has 0 bridgehead atoms. The molecule has 1 aliphatic heterocycles. The fourth-order valence-corrected chi connectivity index (χ4v) is 1.89. The maximum atomic E-state index is 5.87. The Hall–Kier alpha value is -1.91. The van der Waals surface area contributed by atoms with Crippen LogP contribution < -0.4 is 15.4 Å². The van der Waals surface area contributed by atoms with Crippen molar-refractivity contribution in [3.63, 3.8) is 0 Å². The second-order valence-corrected chi connectivity index (χ2v) is 4.19. The van der Waals surface area contributed by atoms with Crippen molar-refractivity contribution in [3.8, 4) is 5.75 Å². The number of likely N-dealkylation sites (N-methyl/N-ethyl adjacent to an activating group) is 1. The van der Waals surface area contributed by atoms with Gasteiger partial charge >= 0.3 is 0 Å². The van der Waals surface area contributed by atoms with Crippen LogP contribution in [0.3, 0.4) is 0 Å². The molecule has 2 N–H and O–H groups in total. The first-order chi connectivity index (χ1) is 8.11. The van der Waals surface area contributed by atoms with Crippen LogP contribution in [0.4, 0.5) is 11.4 Å². The normalized spacial score (nSPS) is 15.2. The third-order valence-corrected chi connectivity index (χ3v) is 2.91. The lowest BCUT2D eigenvalue weighted by Crippen LogP contribution is -2.36. The van der Waals surface area contributed by atoms with Gasteiger partial charge in [0.1, 0.15) is 12.1 Å². The lowest BCUT2D eigenvalue weighted by Gasteiger charge is -2.29. The van der Waals surface area contributed by atoms with Crippen molar-refractivity contribution in [2.45, 2.75) is 6.92 Å². The predicted octanol–water partition coefficient (Wildman–Crippen LogP) is 1.28. The number of hydrazone groups is 1. The van der Waals surface area contributed by atoms with E-state index in [1.54, 1.807) is 7.11 Å². The molecule has 1 aliphatic rings. The summed E-state index contributed by atoms with van der Waals surface area (Å²) < 4.78 is 5.25. The van der Waals surface area contributed by atoms with Crippen LogP contribution in [0.25, 0.3) is 0 Å². The topological polar surface area (TPSA) is 54.1 Å². The SMILES string of the molecule is COc1cc(N2C=NN(C)CC2)c(C)cc1N. The van der Waals surface area contributed by atoms with Gasteiger partial charge < -0.3 is 15.4 Å². The van der Waals surface area contributed by atoms with E-state index in [2.05, 4.69) is 10.0 Å². The van der Waals surface area contributed by atoms with E-state index >= 15 is 0 Å². The lowest BCUT2D eigenvalue weighted by molar-refractivity contribution is 0.353. The Labute approximate surface area is 101 Å². The van der Waals surface area contributed by atoms with Crippen LogP contribution in [0.2, 0.25) is 0 Å². The summed E-state index contributed by atoms with van der Waals surface area (Å²) in [6.45, 7) is 3.85. The first-order valence-corrected chi connectivity index (χ1v) is 5.58. The fourth-order valence-electron chi connectivity index (χ4n) is 1.89. The first kappa shape index (κ1) is 11.6. The lowest BCUT2D eigenvalue weighted by atomic mass is 10.1. The van der Waals surface area contributed by atoms with E-state index in [4.69, 9.17) is 10.5 Å². The zero-order valence-corrected chi connectivity index (χ0v) is 10.5. The molecule has 92 valence electrons. The van der Waals surface area contributed by atoms with Gasteiger partial charge in [-0.2, -0.15) is 5.10 Å². The summed E-state index contributed by atoms with van der Waals surface area (Å²) in [7, 11) is 3.59. The Morgan fingerprint density at radius 3 is 2.71 bits per heavy atom. The quantitative estimate of drug-likeness (QED) is 0.783. The Morgan fingerprint density at radius 1 is 1.35 bits per heavy atom. The van der Waals surface area contributed by atoms with Crippen LogP contribution in [0.1, 0.15) is 5.56 Å². The molecule has 0 saturated heterocycles. The van der Waals surface area contributed by atoms with Gasteiger partial charge in [-0.1, -0.05) is 0 Å². The number of methoxy groups -OCH3 is 1. The Balaban J connectivity index is 2.35. The molecule has 0 spiro atoms. The van der Waals surface area contributed by atoms with Crippen molar-refractivity contribution in [1.29, 1.82) is 0 Å². The molecule has 0 unspecified atom stereocenters.